The summed E-state index contributed by atoms with van der Waals surface area (Å²) in [4.78, 5) is 2.49. The van der Waals surface area contributed by atoms with Crippen LogP contribution in [0.3, 0.4) is 0 Å². The number of hydrazone groups is 1. The van der Waals surface area contributed by atoms with Crippen LogP contribution in [0, 0.1) is 13.8 Å². The number of benzene rings is 2. The van der Waals surface area contributed by atoms with Gasteiger partial charge in [-0.25, -0.2) is 0 Å². The van der Waals surface area contributed by atoms with Crippen LogP contribution in [0.2, 0.25) is 0 Å². The number of nitrogens with zero attached hydrogens (tertiary/aromatic N) is 3. The van der Waals surface area contributed by atoms with E-state index in [9.17, 15) is 0 Å². The molecule has 3 rings (SSSR count). The maximum atomic E-state index is 5.48. The van der Waals surface area contributed by atoms with Crippen LogP contribution in [-0.2, 0) is 6.54 Å². The monoisotopic (exact) mass is 397 g/mol. The van der Waals surface area contributed by atoms with Crippen LogP contribution in [0.4, 0.5) is 0 Å². The summed E-state index contributed by atoms with van der Waals surface area (Å²) < 4.78 is 16.2. The molecule has 0 atom stereocenters. The number of hydrogen-bond donors (Lipinski definition) is 0. The Balaban J connectivity index is 1.61. The van der Waals surface area contributed by atoms with E-state index < -0.39 is 0 Å². The van der Waals surface area contributed by atoms with Gasteiger partial charge < -0.3 is 14.2 Å². The number of methoxy groups -OCH3 is 3. The van der Waals surface area contributed by atoms with E-state index in [0.717, 1.165) is 38.3 Å². The Morgan fingerprint density at radius 3 is 2.14 bits per heavy atom. The summed E-state index contributed by atoms with van der Waals surface area (Å²) in [6.07, 6.45) is 1.83. The van der Waals surface area contributed by atoms with E-state index in [4.69, 9.17) is 14.2 Å². The van der Waals surface area contributed by atoms with Gasteiger partial charge in [0, 0.05) is 44.4 Å². The normalized spacial score (nSPS) is 15.0. The lowest BCUT2D eigenvalue weighted by atomic mass is 10.1. The van der Waals surface area contributed by atoms with E-state index in [-0.39, 0.29) is 0 Å². The van der Waals surface area contributed by atoms with E-state index >= 15 is 0 Å². The van der Waals surface area contributed by atoms with Gasteiger partial charge in [-0.1, -0.05) is 23.8 Å². The highest BCUT2D eigenvalue weighted by molar-refractivity contribution is 5.85. The number of ether oxygens (including phenoxy) is 3. The third-order valence-electron chi connectivity index (χ3n) is 5.34. The minimum atomic E-state index is 0.640. The number of piperazine rings is 1. The van der Waals surface area contributed by atoms with Gasteiger partial charge in [-0.3, -0.25) is 9.91 Å². The molecule has 1 fully saturated rings. The van der Waals surface area contributed by atoms with Crippen LogP contribution >= 0.6 is 0 Å². The molecule has 0 aromatic heterocycles. The zero-order valence-electron chi connectivity index (χ0n) is 18.1. The van der Waals surface area contributed by atoms with Gasteiger partial charge in [0.25, 0.3) is 0 Å². The molecule has 0 bridgehead atoms. The lowest BCUT2D eigenvalue weighted by molar-refractivity contribution is 0.131. The van der Waals surface area contributed by atoms with Crippen molar-refractivity contribution in [2.24, 2.45) is 5.10 Å². The minimum absolute atomic E-state index is 0.640. The molecule has 0 saturated carbocycles. The summed E-state index contributed by atoms with van der Waals surface area (Å²) >= 11 is 0. The molecule has 1 saturated heterocycles. The van der Waals surface area contributed by atoms with E-state index in [2.05, 4.69) is 47.1 Å². The molecule has 1 heterocycles. The molecule has 1 aliphatic rings. The molecule has 2 aromatic carbocycles. The van der Waals surface area contributed by atoms with Crippen LogP contribution in [-0.4, -0.2) is 63.6 Å². The van der Waals surface area contributed by atoms with Gasteiger partial charge in [-0.2, -0.15) is 5.10 Å². The summed E-state index contributed by atoms with van der Waals surface area (Å²) in [7, 11) is 4.88. The molecule has 0 amide bonds. The first-order valence-electron chi connectivity index (χ1n) is 9.91. The van der Waals surface area contributed by atoms with Crippen molar-refractivity contribution < 1.29 is 14.2 Å². The Morgan fingerprint density at radius 1 is 0.862 bits per heavy atom. The van der Waals surface area contributed by atoms with Crippen LogP contribution in [0.5, 0.6) is 17.2 Å². The fourth-order valence-electron chi connectivity index (χ4n) is 3.57. The largest absolute Gasteiger partial charge is 0.496 e. The van der Waals surface area contributed by atoms with Crippen molar-refractivity contribution in [3.05, 3.63) is 52.6 Å². The summed E-state index contributed by atoms with van der Waals surface area (Å²) in [5.41, 5.74) is 4.95. The zero-order chi connectivity index (χ0) is 20.8. The summed E-state index contributed by atoms with van der Waals surface area (Å²) in [5, 5.41) is 6.77. The average molecular weight is 398 g/mol. The Hall–Kier alpha value is -2.73. The Kier molecular flexibility index (Phi) is 6.99. The molecule has 0 N–H and O–H groups in total. The second-order valence-corrected chi connectivity index (χ2v) is 7.35. The van der Waals surface area contributed by atoms with Crippen molar-refractivity contribution in [3.8, 4) is 17.2 Å². The smallest absolute Gasteiger partial charge is 0.164 e. The van der Waals surface area contributed by atoms with Crippen LogP contribution < -0.4 is 14.2 Å². The standard InChI is InChI=1S/C23H31N3O3/c1-17-6-7-19(18(2)12-17)16-25-8-10-26(11-9-25)24-15-20-13-22(28-4)23(29-5)14-21(20)27-3/h6-7,12-15H,8-11,16H2,1-5H3. The van der Waals surface area contributed by atoms with Gasteiger partial charge in [-0.15, -0.1) is 0 Å². The molecule has 29 heavy (non-hydrogen) atoms. The van der Waals surface area contributed by atoms with E-state index in [1.807, 2.05) is 18.3 Å². The van der Waals surface area contributed by atoms with E-state index in [0.29, 0.717) is 17.2 Å². The second kappa shape index (κ2) is 9.65. The SMILES string of the molecule is COc1cc(OC)c(OC)cc1C=NN1CCN(Cc2ccc(C)cc2C)CC1. The second-order valence-electron chi connectivity index (χ2n) is 7.35. The Bertz CT molecular complexity index is 859. The van der Waals surface area contributed by atoms with E-state index in [1.165, 1.54) is 16.7 Å². The maximum absolute atomic E-state index is 5.48. The van der Waals surface area contributed by atoms with Gasteiger partial charge in [0.15, 0.2) is 11.5 Å². The maximum Gasteiger partial charge on any atom is 0.164 e. The first kappa shape index (κ1) is 21.0. The summed E-state index contributed by atoms with van der Waals surface area (Å²) in [6, 6.07) is 10.4. The highest BCUT2D eigenvalue weighted by Gasteiger charge is 2.17. The highest BCUT2D eigenvalue weighted by atomic mass is 16.5. The molecule has 6 heteroatoms. The summed E-state index contributed by atoms with van der Waals surface area (Å²) in [6.45, 7) is 9.11. The van der Waals surface area contributed by atoms with Crippen molar-refractivity contribution in [3.63, 3.8) is 0 Å². The quantitative estimate of drug-likeness (QED) is 0.670. The molecule has 2 aromatic rings. The fraction of sp³-hybridized carbons (Fsp3) is 0.435. The predicted octanol–water partition coefficient (Wildman–Crippen LogP) is 3.48. The molecule has 0 spiro atoms. The predicted molar refractivity (Wildman–Crippen MR) is 116 cm³/mol. The zero-order valence-corrected chi connectivity index (χ0v) is 18.1. The molecular weight excluding hydrogens is 366 g/mol. The molecule has 0 unspecified atom stereocenters. The van der Waals surface area contributed by atoms with Crippen LogP contribution in [0.1, 0.15) is 22.3 Å². The molecule has 156 valence electrons. The van der Waals surface area contributed by atoms with Crippen molar-refractivity contribution >= 4 is 6.21 Å². The van der Waals surface area contributed by atoms with Gasteiger partial charge in [0.1, 0.15) is 5.75 Å². The number of rotatable bonds is 7. The van der Waals surface area contributed by atoms with Crippen molar-refractivity contribution in [2.75, 3.05) is 47.5 Å². The molecule has 6 nitrogen and oxygen atoms in total. The molecule has 1 aliphatic heterocycles. The number of aryl methyl sites for hydroxylation is 2. The third kappa shape index (κ3) is 5.21. The van der Waals surface area contributed by atoms with Gasteiger partial charge in [0.05, 0.1) is 27.5 Å². The van der Waals surface area contributed by atoms with E-state index in [1.54, 1.807) is 21.3 Å². The lowest BCUT2D eigenvalue weighted by Crippen LogP contribution is -2.43. The third-order valence-corrected chi connectivity index (χ3v) is 5.34. The Labute approximate surface area is 173 Å². The lowest BCUT2D eigenvalue weighted by Gasteiger charge is -2.33. The molecular formula is C23H31N3O3. The molecule has 0 aliphatic carbocycles. The van der Waals surface area contributed by atoms with Crippen molar-refractivity contribution in [1.82, 2.24) is 9.91 Å². The summed E-state index contributed by atoms with van der Waals surface area (Å²) in [5.74, 6) is 2.01. The fourth-order valence-corrected chi connectivity index (χ4v) is 3.57. The average Bonchev–Trinajstić information content (AvgIpc) is 2.74. The van der Waals surface area contributed by atoms with Gasteiger partial charge in [0.2, 0.25) is 0 Å². The van der Waals surface area contributed by atoms with Crippen LogP contribution in [0.15, 0.2) is 35.4 Å². The first-order chi connectivity index (χ1) is 14.0. The minimum Gasteiger partial charge on any atom is -0.496 e. The highest BCUT2D eigenvalue weighted by Crippen LogP contribution is 2.33. The van der Waals surface area contributed by atoms with Crippen molar-refractivity contribution in [2.45, 2.75) is 20.4 Å². The van der Waals surface area contributed by atoms with Crippen molar-refractivity contribution in [1.29, 1.82) is 0 Å². The van der Waals surface area contributed by atoms with Gasteiger partial charge >= 0.3 is 0 Å². The molecule has 0 radical (unpaired) electrons. The van der Waals surface area contributed by atoms with Crippen LogP contribution in [0.25, 0.3) is 0 Å². The van der Waals surface area contributed by atoms with Gasteiger partial charge in [-0.05, 0) is 31.0 Å². The first-order valence-corrected chi connectivity index (χ1v) is 9.91. The topological polar surface area (TPSA) is 46.5 Å². The number of hydrogen-bond acceptors (Lipinski definition) is 6. The Morgan fingerprint density at radius 2 is 1.52 bits per heavy atom.